The zero-order valence-electron chi connectivity index (χ0n) is 17.9. The summed E-state index contributed by atoms with van der Waals surface area (Å²) in [6.07, 6.45) is 1.06. The molecule has 0 unspecified atom stereocenters. The molecule has 0 saturated carbocycles. The van der Waals surface area contributed by atoms with Gasteiger partial charge in [-0.1, -0.05) is 0 Å². The van der Waals surface area contributed by atoms with E-state index in [0.29, 0.717) is 0 Å². The van der Waals surface area contributed by atoms with Gasteiger partial charge in [0.25, 0.3) is 0 Å². The fraction of sp³-hybridized carbons (Fsp3) is 0.231. The van der Waals surface area contributed by atoms with E-state index < -0.39 is 20.9 Å². The summed E-state index contributed by atoms with van der Waals surface area (Å²) in [6, 6.07) is 25.0. The van der Waals surface area contributed by atoms with Crippen molar-refractivity contribution in [1.29, 1.82) is 0 Å². The van der Waals surface area contributed by atoms with Crippen molar-refractivity contribution in [1.82, 2.24) is 0 Å². The van der Waals surface area contributed by atoms with Gasteiger partial charge >= 0.3 is 185 Å². The van der Waals surface area contributed by atoms with Crippen molar-refractivity contribution in [2.24, 2.45) is 0 Å². The molecule has 0 bridgehead atoms. The molecule has 0 radical (unpaired) electrons. The molecular formula is C26H28N2Te. The van der Waals surface area contributed by atoms with Crippen LogP contribution in [0.2, 0.25) is 0 Å². The second kappa shape index (κ2) is 8.26. The molecule has 3 heteroatoms. The van der Waals surface area contributed by atoms with Gasteiger partial charge in [0, 0.05) is 0 Å². The maximum atomic E-state index is 2.40. The van der Waals surface area contributed by atoms with Crippen molar-refractivity contribution < 1.29 is 0 Å². The van der Waals surface area contributed by atoms with E-state index in [1.165, 1.54) is 42.1 Å². The van der Waals surface area contributed by atoms with Crippen molar-refractivity contribution in [3.63, 3.8) is 0 Å². The SMILES string of the molecule is CCc1c([Te]c2ccccc2)c2cc(N(C)C)ccc2c2ccc(N(C)C)cc12. The van der Waals surface area contributed by atoms with E-state index in [4.69, 9.17) is 0 Å². The van der Waals surface area contributed by atoms with E-state index in [2.05, 4.69) is 112 Å². The van der Waals surface area contributed by atoms with Gasteiger partial charge in [-0.15, -0.1) is 0 Å². The molecule has 0 amide bonds. The first-order valence-corrected chi connectivity index (χ1v) is 12.4. The van der Waals surface area contributed by atoms with Crippen LogP contribution >= 0.6 is 0 Å². The molecule has 0 heterocycles. The Bertz CT molecular complexity index is 1160. The van der Waals surface area contributed by atoms with Gasteiger partial charge in [-0.3, -0.25) is 0 Å². The minimum atomic E-state index is -0.490. The first-order valence-electron chi connectivity index (χ1n) is 10.1. The fourth-order valence-corrected chi connectivity index (χ4v) is 7.27. The maximum absolute atomic E-state index is 2.40. The molecule has 0 spiro atoms. The molecule has 29 heavy (non-hydrogen) atoms. The number of aryl methyl sites for hydroxylation is 1. The second-order valence-electron chi connectivity index (χ2n) is 7.82. The van der Waals surface area contributed by atoms with Gasteiger partial charge in [0.15, 0.2) is 0 Å². The molecule has 4 aromatic carbocycles. The number of benzene rings is 4. The van der Waals surface area contributed by atoms with Crippen LogP contribution in [0.25, 0.3) is 21.5 Å². The Labute approximate surface area is 184 Å². The predicted molar refractivity (Wildman–Crippen MR) is 131 cm³/mol. The van der Waals surface area contributed by atoms with E-state index in [1.807, 2.05) is 0 Å². The number of nitrogens with zero attached hydrogens (tertiary/aromatic N) is 2. The van der Waals surface area contributed by atoms with Crippen LogP contribution in [-0.2, 0) is 6.42 Å². The van der Waals surface area contributed by atoms with Crippen LogP contribution in [0.4, 0.5) is 11.4 Å². The molecule has 2 nitrogen and oxygen atoms in total. The zero-order valence-corrected chi connectivity index (χ0v) is 20.2. The first-order chi connectivity index (χ1) is 14.0. The van der Waals surface area contributed by atoms with Crippen LogP contribution in [0.15, 0.2) is 66.7 Å². The van der Waals surface area contributed by atoms with Gasteiger partial charge in [-0.25, -0.2) is 0 Å². The summed E-state index contributed by atoms with van der Waals surface area (Å²) in [5.74, 6) is 0. The first kappa shape index (κ1) is 20.1. The number of anilines is 2. The van der Waals surface area contributed by atoms with Gasteiger partial charge in [-0.05, 0) is 0 Å². The number of fused-ring (bicyclic) bond motifs is 3. The molecule has 0 aliphatic carbocycles. The quantitative estimate of drug-likeness (QED) is 0.300. The molecule has 0 saturated heterocycles. The summed E-state index contributed by atoms with van der Waals surface area (Å²) in [6.45, 7) is 2.31. The molecule has 4 aromatic rings. The van der Waals surface area contributed by atoms with Crippen molar-refractivity contribution in [3.05, 3.63) is 72.3 Å². The van der Waals surface area contributed by atoms with Crippen LogP contribution in [0.3, 0.4) is 0 Å². The Balaban J connectivity index is 2.09. The monoisotopic (exact) mass is 498 g/mol. The Kier molecular flexibility index (Phi) is 5.72. The Hall–Kier alpha value is -2.21. The van der Waals surface area contributed by atoms with Crippen LogP contribution in [0.5, 0.6) is 0 Å². The number of hydrogen-bond donors (Lipinski definition) is 0. The Morgan fingerprint density at radius 3 is 1.76 bits per heavy atom. The van der Waals surface area contributed by atoms with Gasteiger partial charge in [0.05, 0.1) is 0 Å². The van der Waals surface area contributed by atoms with E-state index in [1.54, 1.807) is 3.61 Å². The summed E-state index contributed by atoms with van der Waals surface area (Å²) >= 11 is -0.490. The summed E-state index contributed by atoms with van der Waals surface area (Å²) in [5, 5.41) is 5.60. The summed E-state index contributed by atoms with van der Waals surface area (Å²) in [5.41, 5.74) is 4.06. The molecule has 0 aliphatic rings. The van der Waals surface area contributed by atoms with Gasteiger partial charge < -0.3 is 0 Å². The third-order valence-corrected chi connectivity index (χ3v) is 8.85. The van der Waals surface area contributed by atoms with Crippen molar-refractivity contribution in [3.8, 4) is 0 Å². The standard InChI is InChI=1S/C26H28N2Te/c1-6-21-24-16-18(27(2)3)12-14-22(24)23-15-13-19(28(4)5)17-25(23)26(21)29-20-10-8-7-9-11-20/h7-17H,6H2,1-5H3. The Morgan fingerprint density at radius 2 is 1.21 bits per heavy atom. The fourth-order valence-electron chi connectivity index (χ4n) is 3.89. The summed E-state index contributed by atoms with van der Waals surface area (Å²) in [4.78, 5) is 4.41. The Morgan fingerprint density at radius 1 is 0.655 bits per heavy atom. The van der Waals surface area contributed by atoms with E-state index in [9.17, 15) is 0 Å². The van der Waals surface area contributed by atoms with Gasteiger partial charge in [0.2, 0.25) is 0 Å². The average molecular weight is 496 g/mol. The van der Waals surface area contributed by atoms with Gasteiger partial charge in [0.1, 0.15) is 0 Å². The predicted octanol–water partition coefficient (Wildman–Crippen LogP) is 4.34. The van der Waals surface area contributed by atoms with Crippen LogP contribution in [-0.4, -0.2) is 49.1 Å². The van der Waals surface area contributed by atoms with Crippen LogP contribution in [0.1, 0.15) is 12.5 Å². The second-order valence-corrected chi connectivity index (χ2v) is 10.9. The number of rotatable bonds is 5. The molecule has 4 rings (SSSR count). The molecule has 148 valence electrons. The molecular weight excluding hydrogens is 468 g/mol. The van der Waals surface area contributed by atoms with Crippen molar-refractivity contribution >= 4 is 61.1 Å². The molecule has 0 atom stereocenters. The van der Waals surface area contributed by atoms with Crippen LogP contribution in [0, 0.1) is 0 Å². The van der Waals surface area contributed by atoms with E-state index in [-0.39, 0.29) is 0 Å². The molecule has 0 fully saturated rings. The number of hydrogen-bond acceptors (Lipinski definition) is 2. The normalized spacial score (nSPS) is 11.2. The minimum absolute atomic E-state index is 0.490. The molecule has 0 aliphatic heterocycles. The van der Waals surface area contributed by atoms with Gasteiger partial charge in [-0.2, -0.15) is 0 Å². The topological polar surface area (TPSA) is 6.48 Å². The van der Waals surface area contributed by atoms with Crippen molar-refractivity contribution in [2.45, 2.75) is 13.3 Å². The third kappa shape index (κ3) is 3.82. The molecule has 0 aromatic heterocycles. The van der Waals surface area contributed by atoms with Crippen molar-refractivity contribution in [2.75, 3.05) is 38.0 Å². The summed E-state index contributed by atoms with van der Waals surface area (Å²) in [7, 11) is 8.49. The van der Waals surface area contributed by atoms with E-state index in [0.717, 1.165) is 6.42 Å². The average Bonchev–Trinajstić information content (AvgIpc) is 2.73. The third-order valence-electron chi connectivity index (χ3n) is 5.49. The zero-order chi connectivity index (χ0) is 20.5. The molecule has 0 N–H and O–H groups in total. The van der Waals surface area contributed by atoms with Crippen LogP contribution < -0.4 is 17.0 Å². The summed E-state index contributed by atoms with van der Waals surface area (Å²) < 4.78 is 3.08. The van der Waals surface area contributed by atoms with E-state index >= 15 is 0 Å².